The van der Waals surface area contributed by atoms with Gasteiger partial charge < -0.3 is 10.1 Å². The van der Waals surface area contributed by atoms with E-state index in [9.17, 15) is 13.2 Å². The molecule has 0 bridgehead atoms. The molecule has 8 nitrogen and oxygen atoms in total. The molecule has 1 fully saturated rings. The van der Waals surface area contributed by atoms with Crippen molar-refractivity contribution >= 4 is 27.5 Å². The van der Waals surface area contributed by atoms with Gasteiger partial charge in [0.05, 0.1) is 12.8 Å². The first-order valence-electron chi connectivity index (χ1n) is 10.1. The zero-order valence-electron chi connectivity index (χ0n) is 17.5. The molecule has 1 aliphatic heterocycles. The first-order valence-corrected chi connectivity index (χ1v) is 12.0. The number of hydrogen-bond donors (Lipinski definition) is 2. The molecule has 2 N–H and O–H groups in total. The maximum Gasteiger partial charge on any atom is 0.269 e. The van der Waals surface area contributed by atoms with Crippen LogP contribution in [0.25, 0.3) is 11.3 Å². The van der Waals surface area contributed by atoms with Crippen molar-refractivity contribution < 1.29 is 17.9 Å². The SMILES string of the molecule is COc1ccc(-c2cc(C(=O)NCc3ccc(Cl)cc3)[nH]n2)cc1S(=O)(=O)N1CCCC1. The van der Waals surface area contributed by atoms with Gasteiger partial charge in [-0.25, -0.2) is 8.42 Å². The Morgan fingerprint density at radius 2 is 1.88 bits per heavy atom. The fraction of sp³-hybridized carbons (Fsp3) is 0.273. The minimum atomic E-state index is -3.68. The summed E-state index contributed by atoms with van der Waals surface area (Å²) in [4.78, 5) is 12.6. The lowest BCUT2D eigenvalue weighted by Gasteiger charge is -2.18. The molecule has 1 saturated heterocycles. The van der Waals surface area contributed by atoms with E-state index in [0.717, 1.165) is 18.4 Å². The van der Waals surface area contributed by atoms with Crippen LogP contribution in [0.2, 0.25) is 5.02 Å². The Labute approximate surface area is 191 Å². The Bertz CT molecular complexity index is 1220. The number of aromatic nitrogens is 2. The van der Waals surface area contributed by atoms with Crippen LogP contribution in [-0.4, -0.2) is 49.0 Å². The average molecular weight is 475 g/mol. The highest BCUT2D eigenvalue weighted by Crippen LogP contribution is 2.32. The Hall–Kier alpha value is -2.88. The third kappa shape index (κ3) is 4.64. The van der Waals surface area contributed by atoms with Crippen LogP contribution in [0.5, 0.6) is 5.75 Å². The summed E-state index contributed by atoms with van der Waals surface area (Å²) in [6.07, 6.45) is 1.68. The molecule has 1 amide bonds. The molecule has 0 unspecified atom stereocenters. The van der Waals surface area contributed by atoms with Crippen molar-refractivity contribution in [3.8, 4) is 17.0 Å². The number of methoxy groups -OCH3 is 1. The van der Waals surface area contributed by atoms with Crippen LogP contribution in [0.1, 0.15) is 28.9 Å². The number of rotatable bonds is 7. The molecular weight excluding hydrogens is 452 g/mol. The molecule has 0 spiro atoms. The Morgan fingerprint density at radius 1 is 1.16 bits per heavy atom. The molecule has 0 saturated carbocycles. The van der Waals surface area contributed by atoms with Gasteiger partial charge in [0.25, 0.3) is 5.91 Å². The number of aromatic amines is 1. The number of benzene rings is 2. The second-order valence-corrected chi connectivity index (χ2v) is 9.80. The number of H-pyrrole nitrogens is 1. The molecule has 10 heteroatoms. The number of ether oxygens (including phenoxy) is 1. The summed E-state index contributed by atoms with van der Waals surface area (Å²) in [6, 6.07) is 13.6. The normalized spacial score (nSPS) is 14.4. The number of sulfonamides is 1. The van der Waals surface area contributed by atoms with Gasteiger partial charge in [-0.2, -0.15) is 9.40 Å². The minimum absolute atomic E-state index is 0.0936. The van der Waals surface area contributed by atoms with Crippen LogP contribution in [0.4, 0.5) is 0 Å². The van der Waals surface area contributed by atoms with Crippen molar-refractivity contribution in [2.45, 2.75) is 24.3 Å². The highest BCUT2D eigenvalue weighted by Gasteiger charge is 2.30. The quantitative estimate of drug-likeness (QED) is 0.545. The maximum absolute atomic E-state index is 13.1. The molecule has 1 aromatic heterocycles. The highest BCUT2D eigenvalue weighted by molar-refractivity contribution is 7.89. The molecule has 0 atom stereocenters. The van der Waals surface area contributed by atoms with Gasteiger partial charge in [-0.3, -0.25) is 9.89 Å². The summed E-state index contributed by atoms with van der Waals surface area (Å²) >= 11 is 5.88. The predicted molar refractivity (Wildman–Crippen MR) is 121 cm³/mol. The Balaban J connectivity index is 1.54. The van der Waals surface area contributed by atoms with Gasteiger partial charge in [0.1, 0.15) is 16.3 Å². The van der Waals surface area contributed by atoms with Crippen LogP contribution >= 0.6 is 11.6 Å². The van der Waals surface area contributed by atoms with Gasteiger partial charge in [-0.05, 0) is 54.8 Å². The lowest BCUT2D eigenvalue weighted by atomic mass is 10.1. The van der Waals surface area contributed by atoms with Crippen LogP contribution < -0.4 is 10.1 Å². The molecule has 2 aromatic carbocycles. The summed E-state index contributed by atoms with van der Waals surface area (Å²) in [5.74, 6) is -0.0470. The number of amides is 1. The summed E-state index contributed by atoms with van der Waals surface area (Å²) in [5, 5.41) is 10.4. The molecule has 4 rings (SSSR count). The van der Waals surface area contributed by atoms with E-state index in [-0.39, 0.29) is 22.2 Å². The Morgan fingerprint density at radius 3 is 2.56 bits per heavy atom. The third-order valence-corrected chi connectivity index (χ3v) is 7.50. The van der Waals surface area contributed by atoms with Gasteiger partial charge >= 0.3 is 0 Å². The predicted octanol–water partition coefficient (Wildman–Crippen LogP) is 3.45. The van der Waals surface area contributed by atoms with E-state index in [0.29, 0.717) is 35.9 Å². The summed E-state index contributed by atoms with van der Waals surface area (Å²) in [7, 11) is -2.24. The molecular formula is C22H23ClN4O4S. The fourth-order valence-corrected chi connectivity index (χ4v) is 5.40. The van der Waals surface area contributed by atoms with E-state index in [4.69, 9.17) is 16.3 Å². The number of nitrogens with zero attached hydrogens (tertiary/aromatic N) is 2. The van der Waals surface area contributed by atoms with Gasteiger partial charge in [-0.15, -0.1) is 0 Å². The van der Waals surface area contributed by atoms with Crippen molar-refractivity contribution in [2.75, 3.05) is 20.2 Å². The second kappa shape index (κ2) is 9.32. The molecule has 32 heavy (non-hydrogen) atoms. The summed E-state index contributed by atoms with van der Waals surface area (Å²) in [6.45, 7) is 1.33. The van der Waals surface area contributed by atoms with E-state index in [1.54, 1.807) is 30.3 Å². The van der Waals surface area contributed by atoms with Crippen LogP contribution in [0.15, 0.2) is 53.4 Å². The van der Waals surface area contributed by atoms with E-state index in [1.165, 1.54) is 17.5 Å². The maximum atomic E-state index is 13.1. The van der Waals surface area contributed by atoms with Crippen molar-refractivity contribution in [1.29, 1.82) is 0 Å². The lowest BCUT2D eigenvalue weighted by Crippen LogP contribution is -2.28. The molecule has 0 radical (unpaired) electrons. The highest BCUT2D eigenvalue weighted by atomic mass is 35.5. The van der Waals surface area contributed by atoms with Gasteiger partial charge in [0.2, 0.25) is 10.0 Å². The molecule has 2 heterocycles. The first kappa shape index (κ1) is 22.3. The summed E-state index contributed by atoms with van der Waals surface area (Å²) < 4.78 is 33.0. The van der Waals surface area contributed by atoms with Crippen molar-refractivity contribution in [1.82, 2.24) is 19.8 Å². The van der Waals surface area contributed by atoms with Crippen LogP contribution in [0, 0.1) is 0 Å². The van der Waals surface area contributed by atoms with Gasteiger partial charge in [0, 0.05) is 30.2 Å². The summed E-state index contributed by atoms with van der Waals surface area (Å²) in [5.41, 5.74) is 2.21. The van der Waals surface area contributed by atoms with E-state index < -0.39 is 10.0 Å². The first-order chi connectivity index (χ1) is 15.4. The molecule has 1 aliphatic rings. The fourth-order valence-electron chi connectivity index (χ4n) is 3.57. The zero-order chi connectivity index (χ0) is 22.7. The zero-order valence-corrected chi connectivity index (χ0v) is 19.0. The third-order valence-electron chi connectivity index (χ3n) is 5.33. The molecule has 168 valence electrons. The number of carbonyl (C=O) groups is 1. The van der Waals surface area contributed by atoms with E-state index in [1.807, 2.05) is 12.1 Å². The smallest absolute Gasteiger partial charge is 0.269 e. The molecule has 0 aliphatic carbocycles. The number of hydrogen-bond acceptors (Lipinski definition) is 5. The van der Waals surface area contributed by atoms with Crippen molar-refractivity contribution in [2.24, 2.45) is 0 Å². The van der Waals surface area contributed by atoms with Gasteiger partial charge in [0.15, 0.2) is 0 Å². The number of nitrogens with one attached hydrogen (secondary N) is 2. The average Bonchev–Trinajstić information content (AvgIpc) is 3.51. The van der Waals surface area contributed by atoms with Crippen molar-refractivity contribution in [3.05, 3.63) is 64.8 Å². The Kier molecular flexibility index (Phi) is 6.50. The lowest BCUT2D eigenvalue weighted by molar-refractivity contribution is 0.0946. The minimum Gasteiger partial charge on any atom is -0.495 e. The monoisotopic (exact) mass is 474 g/mol. The number of halogens is 1. The standard InChI is InChI=1S/C22H23ClN4O4S/c1-31-20-9-6-16(12-21(20)32(29,30)27-10-2-3-11-27)18-13-19(26-25-18)22(28)24-14-15-4-7-17(23)8-5-15/h4-9,12-13H,2-3,10-11,14H2,1H3,(H,24,28)(H,25,26). The van der Waals surface area contributed by atoms with E-state index in [2.05, 4.69) is 15.5 Å². The van der Waals surface area contributed by atoms with Crippen molar-refractivity contribution in [3.63, 3.8) is 0 Å². The van der Waals surface area contributed by atoms with Crippen LogP contribution in [0.3, 0.4) is 0 Å². The van der Waals surface area contributed by atoms with E-state index >= 15 is 0 Å². The number of carbonyl (C=O) groups excluding carboxylic acids is 1. The second-order valence-electron chi connectivity index (χ2n) is 7.45. The molecule has 3 aromatic rings. The van der Waals surface area contributed by atoms with Crippen LogP contribution in [-0.2, 0) is 16.6 Å². The topological polar surface area (TPSA) is 104 Å². The largest absolute Gasteiger partial charge is 0.495 e. The van der Waals surface area contributed by atoms with Gasteiger partial charge in [-0.1, -0.05) is 23.7 Å².